The van der Waals surface area contributed by atoms with E-state index in [0.717, 1.165) is 5.69 Å². The van der Waals surface area contributed by atoms with Crippen LogP contribution in [0.15, 0.2) is 48.0 Å². The van der Waals surface area contributed by atoms with Gasteiger partial charge in [0, 0.05) is 41.5 Å². The highest BCUT2D eigenvalue weighted by atomic mass is 32.1. The lowest BCUT2D eigenvalue weighted by Gasteiger charge is -2.29. The van der Waals surface area contributed by atoms with Crippen LogP contribution in [0, 0.1) is 0 Å². The molecule has 0 spiro atoms. The van der Waals surface area contributed by atoms with Crippen LogP contribution < -0.4 is 10.2 Å². The number of hydrogen-bond acceptors (Lipinski definition) is 6. The van der Waals surface area contributed by atoms with Gasteiger partial charge in [0.05, 0.1) is 30.7 Å². The first-order valence-corrected chi connectivity index (χ1v) is 11.4. The first-order valence-electron chi connectivity index (χ1n) is 10.5. The molecule has 1 saturated heterocycles. The standard InChI is InChI=1S/C23H21F2N5O2S/c24-21(25)17-13-15(30-7-9-32-10-8-30)4-5-16(17)22-27-18-3-1-2-14(20(18)29-22)12-19(31)28-23-26-6-11-33-23/h1-6,11,13,21H,7-10,12H2,(H,27,29)(H,26,28,31). The maximum absolute atomic E-state index is 14.0. The lowest BCUT2D eigenvalue weighted by Crippen LogP contribution is -2.36. The van der Waals surface area contributed by atoms with E-state index in [1.165, 1.54) is 17.4 Å². The van der Waals surface area contributed by atoms with Gasteiger partial charge in [-0.3, -0.25) is 4.79 Å². The summed E-state index contributed by atoms with van der Waals surface area (Å²) in [5.74, 6) is 0.131. The van der Waals surface area contributed by atoms with Crippen molar-refractivity contribution in [2.24, 2.45) is 0 Å². The second kappa shape index (κ2) is 9.24. The highest BCUT2D eigenvalue weighted by Crippen LogP contribution is 2.34. The van der Waals surface area contributed by atoms with E-state index in [0.29, 0.717) is 59.4 Å². The quantitative estimate of drug-likeness (QED) is 0.430. The van der Waals surface area contributed by atoms with Gasteiger partial charge in [0.1, 0.15) is 5.82 Å². The number of imidazole rings is 1. The SMILES string of the molecule is O=C(Cc1cccc2[nH]c(-c3ccc(N4CCOCC4)cc3C(F)F)nc12)Nc1nccs1. The van der Waals surface area contributed by atoms with Crippen LogP contribution >= 0.6 is 11.3 Å². The van der Waals surface area contributed by atoms with E-state index >= 15 is 0 Å². The fraction of sp³-hybridized carbons (Fsp3) is 0.261. The first kappa shape index (κ1) is 21.5. The number of amides is 1. The zero-order valence-electron chi connectivity index (χ0n) is 17.6. The van der Waals surface area contributed by atoms with Crippen LogP contribution in [0.4, 0.5) is 19.6 Å². The molecule has 0 saturated carbocycles. The molecule has 0 bridgehead atoms. The molecule has 10 heteroatoms. The average Bonchev–Trinajstić information content (AvgIpc) is 3.49. The third-order valence-electron chi connectivity index (χ3n) is 5.53. The van der Waals surface area contributed by atoms with Crippen LogP contribution in [0.2, 0.25) is 0 Å². The predicted molar refractivity (Wildman–Crippen MR) is 124 cm³/mol. The van der Waals surface area contributed by atoms with Gasteiger partial charge in [-0.2, -0.15) is 0 Å². The number of benzene rings is 2. The van der Waals surface area contributed by atoms with E-state index in [2.05, 4.69) is 20.3 Å². The zero-order valence-corrected chi connectivity index (χ0v) is 18.4. The summed E-state index contributed by atoms with van der Waals surface area (Å²) >= 11 is 1.34. The number of H-pyrrole nitrogens is 1. The van der Waals surface area contributed by atoms with Crippen molar-refractivity contribution in [3.05, 3.63) is 59.1 Å². The number of morpholine rings is 1. The molecule has 0 aliphatic carbocycles. The lowest BCUT2D eigenvalue weighted by molar-refractivity contribution is -0.115. The molecule has 2 aromatic heterocycles. The largest absolute Gasteiger partial charge is 0.378 e. The molecular weight excluding hydrogens is 448 g/mol. The fourth-order valence-corrected chi connectivity index (χ4v) is 4.49. The summed E-state index contributed by atoms with van der Waals surface area (Å²) in [7, 11) is 0. The fourth-order valence-electron chi connectivity index (χ4n) is 3.95. The number of aromatic nitrogens is 3. The third-order valence-corrected chi connectivity index (χ3v) is 6.22. The van der Waals surface area contributed by atoms with E-state index in [4.69, 9.17) is 4.74 Å². The number of aromatic amines is 1. The molecule has 170 valence electrons. The van der Waals surface area contributed by atoms with Gasteiger partial charge in [-0.15, -0.1) is 11.3 Å². The van der Waals surface area contributed by atoms with Crippen molar-refractivity contribution >= 4 is 39.1 Å². The Labute approximate surface area is 192 Å². The molecule has 0 atom stereocenters. The van der Waals surface area contributed by atoms with Crippen LogP contribution in [0.1, 0.15) is 17.6 Å². The Morgan fingerprint density at radius 1 is 1.24 bits per heavy atom. The Morgan fingerprint density at radius 2 is 2.09 bits per heavy atom. The van der Waals surface area contributed by atoms with E-state index in [1.54, 1.807) is 17.6 Å². The minimum Gasteiger partial charge on any atom is -0.378 e. The zero-order chi connectivity index (χ0) is 22.8. The molecule has 3 heterocycles. The molecule has 1 amide bonds. The van der Waals surface area contributed by atoms with Gasteiger partial charge in [0.2, 0.25) is 5.91 Å². The summed E-state index contributed by atoms with van der Waals surface area (Å²) in [5, 5.41) is 5.06. The smallest absolute Gasteiger partial charge is 0.264 e. The van der Waals surface area contributed by atoms with E-state index in [-0.39, 0.29) is 17.9 Å². The van der Waals surface area contributed by atoms with E-state index < -0.39 is 6.43 Å². The Hall–Kier alpha value is -3.37. The Balaban J connectivity index is 1.46. The lowest BCUT2D eigenvalue weighted by atomic mass is 10.1. The molecule has 1 aliphatic rings. The van der Waals surface area contributed by atoms with Gasteiger partial charge in [-0.25, -0.2) is 18.7 Å². The minimum atomic E-state index is -2.65. The second-order valence-corrected chi connectivity index (χ2v) is 8.53. The van der Waals surface area contributed by atoms with E-state index in [1.807, 2.05) is 29.2 Å². The van der Waals surface area contributed by atoms with Crippen LogP contribution in [-0.4, -0.2) is 47.2 Å². The number of halogens is 2. The van der Waals surface area contributed by atoms with Gasteiger partial charge >= 0.3 is 0 Å². The number of anilines is 2. The summed E-state index contributed by atoms with van der Waals surface area (Å²) in [6.45, 7) is 2.49. The van der Waals surface area contributed by atoms with Gasteiger partial charge in [0.15, 0.2) is 5.13 Å². The number of carbonyl (C=O) groups is 1. The molecule has 5 rings (SSSR count). The van der Waals surface area contributed by atoms with Crippen molar-refractivity contribution in [1.82, 2.24) is 15.0 Å². The summed E-state index contributed by atoms with van der Waals surface area (Å²) < 4.78 is 33.4. The third kappa shape index (κ3) is 4.57. The van der Waals surface area contributed by atoms with Gasteiger partial charge in [0.25, 0.3) is 6.43 Å². The molecule has 1 aliphatic heterocycles. The number of carbonyl (C=O) groups excluding carboxylic acids is 1. The molecule has 33 heavy (non-hydrogen) atoms. The van der Waals surface area contributed by atoms with Crippen molar-refractivity contribution in [1.29, 1.82) is 0 Å². The average molecular weight is 470 g/mol. The normalized spacial score (nSPS) is 14.2. The van der Waals surface area contributed by atoms with Crippen LogP contribution in [0.25, 0.3) is 22.4 Å². The molecule has 4 aromatic rings. The topological polar surface area (TPSA) is 83.1 Å². The predicted octanol–water partition coefficient (Wildman–Crippen LogP) is 4.64. The summed E-state index contributed by atoms with van der Waals surface area (Å²) in [4.78, 5) is 26.3. The van der Waals surface area contributed by atoms with Gasteiger partial charge < -0.3 is 19.9 Å². The van der Waals surface area contributed by atoms with Crippen molar-refractivity contribution in [2.45, 2.75) is 12.8 Å². The molecule has 1 fully saturated rings. The molecule has 7 nitrogen and oxygen atoms in total. The second-order valence-electron chi connectivity index (χ2n) is 7.63. The number of fused-ring (bicyclic) bond motifs is 1. The van der Waals surface area contributed by atoms with Crippen molar-refractivity contribution < 1.29 is 18.3 Å². The van der Waals surface area contributed by atoms with Gasteiger partial charge in [-0.1, -0.05) is 12.1 Å². The number of ether oxygens (including phenoxy) is 1. The Morgan fingerprint density at radius 3 is 2.85 bits per heavy atom. The summed E-state index contributed by atoms with van der Waals surface area (Å²) in [6.07, 6.45) is -0.942. The molecule has 2 N–H and O–H groups in total. The number of nitrogens with one attached hydrogen (secondary N) is 2. The Bertz CT molecular complexity index is 1270. The first-order chi connectivity index (χ1) is 16.1. The highest BCUT2D eigenvalue weighted by Gasteiger charge is 2.21. The summed E-state index contributed by atoms with van der Waals surface area (Å²) in [6, 6.07) is 10.5. The minimum absolute atomic E-state index is 0.0823. The van der Waals surface area contributed by atoms with Crippen LogP contribution in [0.5, 0.6) is 0 Å². The molecule has 0 unspecified atom stereocenters. The van der Waals surface area contributed by atoms with Crippen molar-refractivity contribution in [3.63, 3.8) is 0 Å². The summed E-state index contributed by atoms with van der Waals surface area (Å²) in [5.41, 5.74) is 2.97. The molecular formula is C23H21F2N5O2S. The van der Waals surface area contributed by atoms with Crippen molar-refractivity contribution in [2.75, 3.05) is 36.5 Å². The number of para-hydroxylation sites is 1. The van der Waals surface area contributed by atoms with Gasteiger partial charge in [-0.05, 0) is 29.8 Å². The van der Waals surface area contributed by atoms with Crippen LogP contribution in [-0.2, 0) is 16.0 Å². The number of nitrogens with zero attached hydrogens (tertiary/aromatic N) is 3. The van der Waals surface area contributed by atoms with E-state index in [9.17, 15) is 13.6 Å². The number of hydrogen-bond donors (Lipinski definition) is 2. The Kier molecular flexibility index (Phi) is 6.01. The number of alkyl halides is 2. The highest BCUT2D eigenvalue weighted by molar-refractivity contribution is 7.13. The molecule has 0 radical (unpaired) electrons. The number of rotatable bonds is 6. The number of thiazole rings is 1. The molecule has 2 aromatic carbocycles. The van der Waals surface area contributed by atoms with Crippen LogP contribution in [0.3, 0.4) is 0 Å². The maximum atomic E-state index is 14.0. The maximum Gasteiger partial charge on any atom is 0.264 e. The van der Waals surface area contributed by atoms with Crippen molar-refractivity contribution in [3.8, 4) is 11.4 Å². The monoisotopic (exact) mass is 469 g/mol.